The van der Waals surface area contributed by atoms with Crippen molar-refractivity contribution in [1.29, 1.82) is 0 Å². The first kappa shape index (κ1) is 19.1. The molecule has 1 aromatic rings. The van der Waals surface area contributed by atoms with Crippen LogP contribution in [0.25, 0.3) is 0 Å². The molecular formula is C19H29N3O3. The molecule has 138 valence electrons. The summed E-state index contributed by atoms with van der Waals surface area (Å²) in [6.07, 6.45) is -1.18. The highest BCUT2D eigenvalue weighted by molar-refractivity contribution is 5.89. The number of piperazine rings is 1. The Morgan fingerprint density at radius 3 is 2.08 bits per heavy atom. The molecule has 0 aliphatic carbocycles. The van der Waals surface area contributed by atoms with Crippen molar-refractivity contribution >= 4 is 17.7 Å². The Morgan fingerprint density at radius 1 is 1.00 bits per heavy atom. The summed E-state index contributed by atoms with van der Waals surface area (Å²) in [7, 11) is 0. The van der Waals surface area contributed by atoms with Crippen molar-refractivity contribution in [3.05, 3.63) is 29.8 Å². The van der Waals surface area contributed by atoms with Gasteiger partial charge in [-0.15, -0.1) is 0 Å². The van der Waals surface area contributed by atoms with Crippen molar-refractivity contribution < 1.29 is 14.7 Å². The van der Waals surface area contributed by atoms with Gasteiger partial charge in [-0.3, -0.25) is 4.79 Å². The Bertz CT molecular complexity index is 642. The third-order valence-electron chi connectivity index (χ3n) is 4.57. The monoisotopic (exact) mass is 347 g/mol. The van der Waals surface area contributed by atoms with Crippen LogP contribution < -0.4 is 10.2 Å². The van der Waals surface area contributed by atoms with Gasteiger partial charge >= 0.3 is 6.09 Å². The maximum atomic E-state index is 12.6. The quantitative estimate of drug-likeness (QED) is 0.882. The van der Waals surface area contributed by atoms with E-state index in [2.05, 4.69) is 49.2 Å². The molecule has 25 heavy (non-hydrogen) atoms. The lowest BCUT2D eigenvalue weighted by Gasteiger charge is -2.40. The van der Waals surface area contributed by atoms with Gasteiger partial charge < -0.3 is 20.2 Å². The van der Waals surface area contributed by atoms with E-state index in [0.29, 0.717) is 13.1 Å². The van der Waals surface area contributed by atoms with Gasteiger partial charge in [-0.1, -0.05) is 39.0 Å². The van der Waals surface area contributed by atoms with E-state index in [-0.39, 0.29) is 11.3 Å². The standard InChI is InChI=1S/C19H29N3O3/c1-18(2,3)14-8-6-7-9-15(14)21-10-12-22(13-11-21)16(23)19(4,5)20-17(24)25/h6-9,20H,10-13H2,1-5H3,(H,24,25). The van der Waals surface area contributed by atoms with Crippen LogP contribution in [0.2, 0.25) is 0 Å². The number of hydrogen-bond donors (Lipinski definition) is 2. The van der Waals surface area contributed by atoms with Crippen molar-refractivity contribution in [3.63, 3.8) is 0 Å². The van der Waals surface area contributed by atoms with Gasteiger partial charge in [-0.25, -0.2) is 4.79 Å². The van der Waals surface area contributed by atoms with Crippen LogP contribution in [0.1, 0.15) is 40.2 Å². The zero-order chi connectivity index (χ0) is 18.8. The number of carbonyl (C=O) groups is 2. The molecule has 1 aliphatic heterocycles. The fourth-order valence-corrected chi connectivity index (χ4v) is 3.25. The van der Waals surface area contributed by atoms with Crippen LogP contribution in [0, 0.1) is 0 Å². The summed E-state index contributed by atoms with van der Waals surface area (Å²) in [5, 5.41) is 11.2. The predicted octanol–water partition coefficient (Wildman–Crippen LogP) is 2.68. The van der Waals surface area contributed by atoms with Gasteiger partial charge in [-0.05, 0) is 30.9 Å². The Kier molecular flexibility index (Phi) is 5.30. The number of anilines is 1. The summed E-state index contributed by atoms with van der Waals surface area (Å²) >= 11 is 0. The maximum absolute atomic E-state index is 12.6. The summed E-state index contributed by atoms with van der Waals surface area (Å²) in [6, 6.07) is 8.40. The molecule has 1 heterocycles. The molecule has 0 saturated carbocycles. The number of nitrogens with one attached hydrogen (secondary N) is 1. The smallest absolute Gasteiger partial charge is 0.405 e. The molecule has 1 fully saturated rings. The molecule has 2 N–H and O–H groups in total. The fraction of sp³-hybridized carbons (Fsp3) is 0.579. The minimum absolute atomic E-state index is 0.0525. The molecule has 2 amide bonds. The number of rotatable bonds is 3. The molecule has 1 saturated heterocycles. The molecule has 1 aromatic carbocycles. The number of benzene rings is 1. The van der Waals surface area contributed by atoms with E-state index in [1.807, 2.05) is 6.07 Å². The van der Waals surface area contributed by atoms with Crippen LogP contribution >= 0.6 is 0 Å². The number of carboxylic acid groups (broad SMARTS) is 1. The molecular weight excluding hydrogens is 318 g/mol. The molecule has 6 nitrogen and oxygen atoms in total. The second-order valence-electron chi connectivity index (χ2n) is 8.10. The van der Waals surface area contributed by atoms with Crippen LogP contribution in [-0.2, 0) is 10.2 Å². The molecule has 0 aromatic heterocycles. The lowest BCUT2D eigenvalue weighted by atomic mass is 9.85. The average molecular weight is 347 g/mol. The van der Waals surface area contributed by atoms with Gasteiger partial charge in [0, 0.05) is 31.9 Å². The van der Waals surface area contributed by atoms with Crippen molar-refractivity contribution in [2.24, 2.45) is 0 Å². The fourth-order valence-electron chi connectivity index (χ4n) is 3.25. The van der Waals surface area contributed by atoms with Gasteiger partial charge in [0.2, 0.25) is 5.91 Å². The minimum atomic E-state index is -1.18. The highest BCUT2D eigenvalue weighted by Crippen LogP contribution is 2.32. The Morgan fingerprint density at radius 2 is 1.56 bits per heavy atom. The summed E-state index contributed by atoms with van der Waals surface area (Å²) in [6.45, 7) is 12.5. The number of para-hydroxylation sites is 1. The Balaban J connectivity index is 2.08. The Hall–Kier alpha value is -2.24. The summed E-state index contributed by atoms with van der Waals surface area (Å²) in [5.74, 6) is -0.182. The molecule has 0 atom stereocenters. The normalized spacial score (nSPS) is 15.9. The first-order chi connectivity index (χ1) is 11.5. The van der Waals surface area contributed by atoms with Crippen LogP contribution in [0.5, 0.6) is 0 Å². The van der Waals surface area contributed by atoms with E-state index >= 15 is 0 Å². The van der Waals surface area contributed by atoms with E-state index in [0.717, 1.165) is 13.1 Å². The SMILES string of the molecule is CC(C)(NC(=O)O)C(=O)N1CCN(c2ccccc2C(C)(C)C)CC1. The van der Waals surface area contributed by atoms with Crippen LogP contribution in [-0.4, -0.2) is 53.7 Å². The van der Waals surface area contributed by atoms with E-state index in [1.165, 1.54) is 11.3 Å². The number of hydrogen-bond acceptors (Lipinski definition) is 3. The first-order valence-electron chi connectivity index (χ1n) is 8.67. The molecule has 6 heteroatoms. The van der Waals surface area contributed by atoms with Crippen LogP contribution in [0.3, 0.4) is 0 Å². The molecule has 0 unspecified atom stereocenters. The van der Waals surface area contributed by atoms with Gasteiger partial charge in [0.15, 0.2) is 0 Å². The van der Waals surface area contributed by atoms with E-state index in [1.54, 1.807) is 18.7 Å². The molecule has 1 aliphatic rings. The third-order valence-corrected chi connectivity index (χ3v) is 4.57. The summed E-state index contributed by atoms with van der Waals surface area (Å²) in [4.78, 5) is 27.5. The zero-order valence-electron chi connectivity index (χ0n) is 15.8. The molecule has 2 rings (SSSR count). The highest BCUT2D eigenvalue weighted by Gasteiger charge is 2.35. The lowest BCUT2D eigenvalue weighted by Crippen LogP contribution is -2.59. The average Bonchev–Trinajstić information content (AvgIpc) is 2.52. The van der Waals surface area contributed by atoms with Crippen molar-refractivity contribution in [1.82, 2.24) is 10.2 Å². The van der Waals surface area contributed by atoms with Gasteiger partial charge in [0.05, 0.1) is 0 Å². The Labute approximate surface area is 149 Å². The van der Waals surface area contributed by atoms with Gasteiger partial charge in [0.1, 0.15) is 5.54 Å². The molecule has 0 bridgehead atoms. The van der Waals surface area contributed by atoms with Crippen LogP contribution in [0.15, 0.2) is 24.3 Å². The van der Waals surface area contributed by atoms with E-state index < -0.39 is 11.6 Å². The van der Waals surface area contributed by atoms with Crippen molar-refractivity contribution in [2.75, 3.05) is 31.1 Å². The second-order valence-corrected chi connectivity index (χ2v) is 8.10. The lowest BCUT2D eigenvalue weighted by molar-refractivity contribution is -0.137. The van der Waals surface area contributed by atoms with Crippen molar-refractivity contribution in [3.8, 4) is 0 Å². The minimum Gasteiger partial charge on any atom is -0.465 e. The second kappa shape index (κ2) is 6.94. The highest BCUT2D eigenvalue weighted by atomic mass is 16.4. The summed E-state index contributed by atoms with van der Waals surface area (Å²) < 4.78 is 0. The molecule has 0 radical (unpaired) electrons. The number of nitrogens with zero attached hydrogens (tertiary/aromatic N) is 2. The first-order valence-corrected chi connectivity index (χ1v) is 8.67. The maximum Gasteiger partial charge on any atom is 0.405 e. The number of carbonyl (C=O) groups excluding carboxylic acids is 1. The van der Waals surface area contributed by atoms with E-state index in [9.17, 15) is 9.59 Å². The topological polar surface area (TPSA) is 72.9 Å². The summed E-state index contributed by atoms with van der Waals surface area (Å²) in [5.41, 5.74) is 1.45. The zero-order valence-corrected chi connectivity index (χ0v) is 15.8. The van der Waals surface area contributed by atoms with Gasteiger partial charge in [0.25, 0.3) is 0 Å². The number of amides is 2. The van der Waals surface area contributed by atoms with E-state index in [4.69, 9.17) is 5.11 Å². The largest absolute Gasteiger partial charge is 0.465 e. The molecule has 0 spiro atoms. The van der Waals surface area contributed by atoms with Gasteiger partial charge in [-0.2, -0.15) is 0 Å². The van der Waals surface area contributed by atoms with Crippen LogP contribution in [0.4, 0.5) is 10.5 Å². The van der Waals surface area contributed by atoms with Crippen molar-refractivity contribution in [2.45, 2.75) is 45.6 Å². The third kappa shape index (κ3) is 4.44. The predicted molar refractivity (Wildman–Crippen MR) is 99.2 cm³/mol.